The summed E-state index contributed by atoms with van der Waals surface area (Å²) >= 11 is 1.58. The molecule has 4 heteroatoms. The van der Waals surface area contributed by atoms with Gasteiger partial charge in [0, 0.05) is 18.6 Å². The van der Waals surface area contributed by atoms with E-state index in [9.17, 15) is 4.79 Å². The number of hydrogen-bond donors (Lipinski definition) is 1. The summed E-state index contributed by atoms with van der Waals surface area (Å²) < 4.78 is 4.92. The van der Waals surface area contributed by atoms with Crippen molar-refractivity contribution in [3.8, 4) is 0 Å². The Labute approximate surface area is 107 Å². The zero-order chi connectivity index (χ0) is 12.7. The van der Waals surface area contributed by atoms with Crippen LogP contribution in [0.25, 0.3) is 0 Å². The Morgan fingerprint density at radius 1 is 1.35 bits per heavy atom. The number of aryl methyl sites for hydroxylation is 2. The standard InChI is InChI=1S/C13H19NO2S/c1-10-4-5-12(8-11(10)2)14-13(15)9-17-7-6-16-3/h4-5,8H,6-7,9H2,1-3H3,(H,14,15). The second-order valence-electron chi connectivity index (χ2n) is 3.89. The third-order valence-corrected chi connectivity index (χ3v) is 3.38. The average molecular weight is 253 g/mol. The van der Waals surface area contributed by atoms with E-state index in [0.29, 0.717) is 12.4 Å². The smallest absolute Gasteiger partial charge is 0.234 e. The number of carbonyl (C=O) groups is 1. The highest BCUT2D eigenvalue weighted by molar-refractivity contribution is 7.99. The van der Waals surface area contributed by atoms with E-state index in [-0.39, 0.29) is 5.91 Å². The van der Waals surface area contributed by atoms with E-state index in [2.05, 4.69) is 12.2 Å². The summed E-state index contributed by atoms with van der Waals surface area (Å²) in [4.78, 5) is 11.6. The monoisotopic (exact) mass is 253 g/mol. The lowest BCUT2D eigenvalue weighted by Crippen LogP contribution is -2.14. The van der Waals surface area contributed by atoms with Crippen LogP contribution < -0.4 is 5.32 Å². The predicted molar refractivity (Wildman–Crippen MR) is 73.7 cm³/mol. The number of benzene rings is 1. The van der Waals surface area contributed by atoms with E-state index >= 15 is 0 Å². The van der Waals surface area contributed by atoms with Crippen LogP contribution in [-0.2, 0) is 9.53 Å². The van der Waals surface area contributed by atoms with Crippen LogP contribution in [-0.4, -0.2) is 31.1 Å². The number of rotatable bonds is 6. The van der Waals surface area contributed by atoms with Crippen molar-refractivity contribution in [2.45, 2.75) is 13.8 Å². The van der Waals surface area contributed by atoms with Crippen molar-refractivity contribution in [2.75, 3.05) is 30.5 Å². The summed E-state index contributed by atoms with van der Waals surface area (Å²) in [6.07, 6.45) is 0. The van der Waals surface area contributed by atoms with Crippen molar-refractivity contribution in [3.63, 3.8) is 0 Å². The van der Waals surface area contributed by atoms with Gasteiger partial charge in [-0.05, 0) is 37.1 Å². The van der Waals surface area contributed by atoms with E-state index in [0.717, 1.165) is 11.4 Å². The molecule has 0 atom stereocenters. The fourth-order valence-corrected chi connectivity index (χ4v) is 2.01. The highest BCUT2D eigenvalue weighted by atomic mass is 32.2. The van der Waals surface area contributed by atoms with Gasteiger partial charge in [0.25, 0.3) is 0 Å². The van der Waals surface area contributed by atoms with Crippen molar-refractivity contribution in [2.24, 2.45) is 0 Å². The molecule has 0 saturated carbocycles. The minimum absolute atomic E-state index is 0.0364. The molecule has 1 aromatic carbocycles. The van der Waals surface area contributed by atoms with Crippen LogP contribution in [0.3, 0.4) is 0 Å². The second kappa shape index (κ2) is 7.35. The van der Waals surface area contributed by atoms with Crippen molar-refractivity contribution in [1.82, 2.24) is 0 Å². The Morgan fingerprint density at radius 2 is 2.12 bits per heavy atom. The normalized spacial score (nSPS) is 10.3. The zero-order valence-corrected chi connectivity index (χ0v) is 11.4. The van der Waals surface area contributed by atoms with Crippen LogP contribution in [0.2, 0.25) is 0 Å². The molecule has 0 aliphatic heterocycles. The largest absolute Gasteiger partial charge is 0.384 e. The molecule has 0 aromatic heterocycles. The topological polar surface area (TPSA) is 38.3 Å². The number of anilines is 1. The van der Waals surface area contributed by atoms with Gasteiger partial charge in [-0.25, -0.2) is 0 Å². The molecule has 94 valence electrons. The van der Waals surface area contributed by atoms with Crippen LogP contribution in [0.4, 0.5) is 5.69 Å². The maximum Gasteiger partial charge on any atom is 0.234 e. The number of ether oxygens (including phenoxy) is 1. The number of nitrogens with one attached hydrogen (secondary N) is 1. The summed E-state index contributed by atoms with van der Waals surface area (Å²) in [6.45, 7) is 4.78. The fraction of sp³-hybridized carbons (Fsp3) is 0.462. The fourth-order valence-electron chi connectivity index (χ4n) is 1.32. The van der Waals surface area contributed by atoms with Crippen LogP contribution in [0.1, 0.15) is 11.1 Å². The highest BCUT2D eigenvalue weighted by Crippen LogP contribution is 2.14. The Balaban J connectivity index is 2.37. The molecule has 17 heavy (non-hydrogen) atoms. The minimum Gasteiger partial charge on any atom is -0.384 e. The predicted octanol–water partition coefficient (Wildman–Crippen LogP) is 2.62. The molecule has 0 heterocycles. The molecule has 0 aliphatic rings. The zero-order valence-electron chi connectivity index (χ0n) is 10.6. The molecular weight excluding hydrogens is 234 g/mol. The van der Waals surface area contributed by atoms with Gasteiger partial charge >= 0.3 is 0 Å². The highest BCUT2D eigenvalue weighted by Gasteiger charge is 2.03. The third kappa shape index (κ3) is 5.24. The van der Waals surface area contributed by atoms with Gasteiger partial charge < -0.3 is 10.1 Å². The molecule has 1 rings (SSSR count). The maximum atomic E-state index is 11.6. The van der Waals surface area contributed by atoms with Crippen LogP contribution in [0.15, 0.2) is 18.2 Å². The Hall–Kier alpha value is -1.00. The first kappa shape index (κ1) is 14.1. The van der Waals surface area contributed by atoms with E-state index in [1.165, 1.54) is 11.1 Å². The first-order valence-corrected chi connectivity index (χ1v) is 6.72. The lowest BCUT2D eigenvalue weighted by Gasteiger charge is -2.07. The van der Waals surface area contributed by atoms with Crippen LogP contribution in [0, 0.1) is 13.8 Å². The molecule has 0 fully saturated rings. The molecule has 0 saturated heterocycles. The molecule has 0 aliphatic carbocycles. The Kier molecular flexibility index (Phi) is 6.08. The number of hydrogen-bond acceptors (Lipinski definition) is 3. The van der Waals surface area contributed by atoms with Gasteiger partial charge in [0.2, 0.25) is 5.91 Å². The van der Waals surface area contributed by atoms with Gasteiger partial charge in [0.1, 0.15) is 0 Å². The summed E-state index contributed by atoms with van der Waals surface area (Å²) in [5.41, 5.74) is 3.29. The summed E-state index contributed by atoms with van der Waals surface area (Å²) in [6, 6.07) is 5.94. The van der Waals surface area contributed by atoms with Gasteiger partial charge in [-0.1, -0.05) is 6.07 Å². The van der Waals surface area contributed by atoms with Gasteiger partial charge in [-0.15, -0.1) is 11.8 Å². The summed E-state index contributed by atoms with van der Waals surface area (Å²) in [5, 5.41) is 2.89. The van der Waals surface area contributed by atoms with Gasteiger partial charge in [0.05, 0.1) is 12.4 Å². The summed E-state index contributed by atoms with van der Waals surface area (Å²) in [5.74, 6) is 1.35. The molecule has 0 bridgehead atoms. The molecule has 1 N–H and O–H groups in total. The van der Waals surface area contributed by atoms with E-state index in [1.807, 2.05) is 25.1 Å². The van der Waals surface area contributed by atoms with Crippen LogP contribution in [0.5, 0.6) is 0 Å². The number of thioether (sulfide) groups is 1. The van der Waals surface area contributed by atoms with Crippen molar-refractivity contribution >= 4 is 23.4 Å². The molecular formula is C13H19NO2S. The lowest BCUT2D eigenvalue weighted by atomic mass is 10.1. The quantitative estimate of drug-likeness (QED) is 0.792. The molecule has 1 amide bonds. The third-order valence-electron chi connectivity index (χ3n) is 2.46. The second-order valence-corrected chi connectivity index (χ2v) is 5.00. The first-order chi connectivity index (χ1) is 8.13. The molecule has 0 radical (unpaired) electrons. The Bertz CT molecular complexity index is 380. The molecule has 1 aromatic rings. The molecule has 3 nitrogen and oxygen atoms in total. The van der Waals surface area contributed by atoms with E-state index < -0.39 is 0 Å². The molecule has 0 unspecified atom stereocenters. The van der Waals surface area contributed by atoms with Gasteiger partial charge in [0.15, 0.2) is 0 Å². The Morgan fingerprint density at radius 3 is 2.76 bits per heavy atom. The average Bonchev–Trinajstić information content (AvgIpc) is 2.30. The minimum atomic E-state index is 0.0364. The van der Waals surface area contributed by atoms with Crippen molar-refractivity contribution < 1.29 is 9.53 Å². The molecule has 0 spiro atoms. The van der Waals surface area contributed by atoms with Crippen molar-refractivity contribution in [3.05, 3.63) is 29.3 Å². The lowest BCUT2D eigenvalue weighted by molar-refractivity contribution is -0.113. The number of methoxy groups -OCH3 is 1. The van der Waals surface area contributed by atoms with E-state index in [4.69, 9.17) is 4.74 Å². The number of amides is 1. The van der Waals surface area contributed by atoms with Crippen molar-refractivity contribution in [1.29, 1.82) is 0 Å². The van der Waals surface area contributed by atoms with Gasteiger partial charge in [-0.2, -0.15) is 0 Å². The van der Waals surface area contributed by atoms with Crippen LogP contribution >= 0.6 is 11.8 Å². The van der Waals surface area contributed by atoms with Gasteiger partial charge in [-0.3, -0.25) is 4.79 Å². The summed E-state index contributed by atoms with van der Waals surface area (Å²) in [7, 11) is 1.66. The first-order valence-electron chi connectivity index (χ1n) is 5.57. The number of carbonyl (C=O) groups excluding carboxylic acids is 1. The maximum absolute atomic E-state index is 11.6. The SMILES string of the molecule is COCCSCC(=O)Nc1ccc(C)c(C)c1. The van der Waals surface area contributed by atoms with E-state index in [1.54, 1.807) is 18.9 Å².